The lowest BCUT2D eigenvalue weighted by atomic mass is 10.0. The lowest BCUT2D eigenvalue weighted by molar-refractivity contribution is -0.143. The third kappa shape index (κ3) is 2.02. The zero-order valence-corrected chi connectivity index (χ0v) is 8.27. The van der Waals surface area contributed by atoms with Gasteiger partial charge in [-0.05, 0) is 12.1 Å². The summed E-state index contributed by atoms with van der Waals surface area (Å²) in [4.78, 5) is 21.8. The van der Waals surface area contributed by atoms with E-state index in [2.05, 4.69) is 4.74 Å². The Labute approximate surface area is 82.5 Å². The van der Waals surface area contributed by atoms with Crippen molar-refractivity contribution in [3.05, 3.63) is 24.0 Å². The van der Waals surface area contributed by atoms with Gasteiger partial charge in [0.1, 0.15) is 12.2 Å². The molecule has 0 N–H and O–H groups in total. The largest absolute Gasteiger partial charge is 0.468 e. The predicted molar refractivity (Wildman–Crippen MR) is 50.9 cm³/mol. The van der Waals surface area contributed by atoms with Gasteiger partial charge in [0.25, 0.3) is 0 Å². The average Bonchev–Trinajstić information content (AvgIpc) is 2.60. The van der Waals surface area contributed by atoms with Crippen LogP contribution in [0.5, 0.6) is 0 Å². The molecule has 14 heavy (non-hydrogen) atoms. The van der Waals surface area contributed by atoms with Crippen LogP contribution >= 0.6 is 0 Å². The topological polar surface area (TPSA) is 48.3 Å². The highest BCUT2D eigenvalue weighted by atomic mass is 16.5. The van der Waals surface area contributed by atoms with Gasteiger partial charge < -0.3 is 14.1 Å². The minimum Gasteiger partial charge on any atom is -0.468 e. The second kappa shape index (κ2) is 4.60. The minimum atomic E-state index is -0.488. The third-order valence-electron chi connectivity index (χ3n) is 2.16. The number of esters is 1. The fraction of sp³-hybridized carbons (Fsp3) is 0.400. The van der Waals surface area contributed by atoms with Gasteiger partial charge in [0.15, 0.2) is 0 Å². The fourth-order valence-electron chi connectivity index (χ4n) is 1.41. The van der Waals surface area contributed by atoms with Crippen molar-refractivity contribution in [2.75, 3.05) is 7.11 Å². The molecule has 0 aliphatic carbocycles. The van der Waals surface area contributed by atoms with Crippen molar-refractivity contribution in [3.63, 3.8) is 0 Å². The summed E-state index contributed by atoms with van der Waals surface area (Å²) in [5, 5.41) is 0. The van der Waals surface area contributed by atoms with Gasteiger partial charge in [-0.15, -0.1) is 0 Å². The molecular formula is C10H13NO3. The van der Waals surface area contributed by atoms with Gasteiger partial charge in [-0.2, -0.15) is 0 Å². The molecule has 4 nitrogen and oxygen atoms in total. The summed E-state index contributed by atoms with van der Waals surface area (Å²) in [5.74, 6) is -0.864. The van der Waals surface area contributed by atoms with Crippen LogP contribution in [-0.2, 0) is 21.4 Å². The Morgan fingerprint density at radius 2 is 2.43 bits per heavy atom. The van der Waals surface area contributed by atoms with E-state index in [4.69, 9.17) is 0 Å². The summed E-state index contributed by atoms with van der Waals surface area (Å²) >= 11 is 0. The van der Waals surface area contributed by atoms with Crippen LogP contribution < -0.4 is 0 Å². The number of carbonyl (C=O) groups is 2. The Balaban J connectivity index is 2.93. The quantitative estimate of drug-likeness (QED) is 0.529. The molecule has 0 aromatic carbocycles. The monoisotopic (exact) mass is 195 g/mol. The van der Waals surface area contributed by atoms with Crippen molar-refractivity contribution in [1.29, 1.82) is 0 Å². The van der Waals surface area contributed by atoms with Crippen LogP contribution in [0.1, 0.15) is 18.0 Å². The van der Waals surface area contributed by atoms with Crippen molar-refractivity contribution in [3.8, 4) is 0 Å². The number of hydrogen-bond donors (Lipinski definition) is 0. The second-order valence-electron chi connectivity index (χ2n) is 3.02. The summed E-state index contributed by atoms with van der Waals surface area (Å²) in [6, 6.07) is 3.64. The number of aryl methyl sites for hydroxylation is 1. The van der Waals surface area contributed by atoms with Crippen LogP contribution in [0.3, 0.4) is 0 Å². The van der Waals surface area contributed by atoms with E-state index in [0.717, 1.165) is 12.0 Å². The first kappa shape index (κ1) is 10.5. The second-order valence-corrected chi connectivity index (χ2v) is 3.02. The molecular weight excluding hydrogens is 182 g/mol. The van der Waals surface area contributed by atoms with Gasteiger partial charge in [0.2, 0.25) is 0 Å². The molecule has 0 radical (unpaired) electrons. The summed E-state index contributed by atoms with van der Waals surface area (Å²) in [7, 11) is 3.15. The molecule has 1 aromatic heterocycles. The van der Waals surface area contributed by atoms with Crippen LogP contribution in [-0.4, -0.2) is 23.9 Å². The highest BCUT2D eigenvalue weighted by molar-refractivity contribution is 5.80. The van der Waals surface area contributed by atoms with Gasteiger partial charge in [-0.1, -0.05) is 0 Å². The van der Waals surface area contributed by atoms with E-state index in [0.29, 0.717) is 0 Å². The Kier molecular flexibility index (Phi) is 3.45. The van der Waals surface area contributed by atoms with Crippen molar-refractivity contribution < 1.29 is 14.3 Å². The molecule has 0 aliphatic heterocycles. The maximum atomic E-state index is 11.4. The van der Waals surface area contributed by atoms with E-state index in [9.17, 15) is 9.59 Å². The molecule has 0 saturated carbocycles. The molecule has 76 valence electrons. The SMILES string of the molecule is COC(=O)[C@H](CC=O)c1cccn1C. The third-order valence-corrected chi connectivity index (χ3v) is 2.16. The molecule has 1 aromatic rings. The van der Waals surface area contributed by atoms with E-state index < -0.39 is 5.92 Å². The van der Waals surface area contributed by atoms with Gasteiger partial charge in [-0.25, -0.2) is 0 Å². The van der Waals surface area contributed by atoms with E-state index in [1.165, 1.54) is 7.11 Å². The van der Waals surface area contributed by atoms with Crippen molar-refractivity contribution in [1.82, 2.24) is 4.57 Å². The van der Waals surface area contributed by atoms with E-state index in [1.807, 2.05) is 29.9 Å². The van der Waals surface area contributed by atoms with Crippen LogP contribution in [0.25, 0.3) is 0 Å². The molecule has 1 heterocycles. The maximum absolute atomic E-state index is 11.4. The Bertz CT molecular complexity index is 330. The fourth-order valence-corrected chi connectivity index (χ4v) is 1.41. The summed E-state index contributed by atoms with van der Waals surface area (Å²) in [6.07, 6.45) is 2.72. The first-order valence-electron chi connectivity index (χ1n) is 4.33. The van der Waals surface area contributed by atoms with Gasteiger partial charge in [0, 0.05) is 25.4 Å². The van der Waals surface area contributed by atoms with Crippen LogP contribution in [0.15, 0.2) is 18.3 Å². The average molecular weight is 195 g/mol. The van der Waals surface area contributed by atoms with Gasteiger partial charge in [0.05, 0.1) is 7.11 Å². The number of carbonyl (C=O) groups excluding carboxylic acids is 2. The highest BCUT2D eigenvalue weighted by Crippen LogP contribution is 2.19. The maximum Gasteiger partial charge on any atom is 0.315 e. The number of ether oxygens (including phenoxy) is 1. The summed E-state index contributed by atoms with van der Waals surface area (Å²) in [6.45, 7) is 0. The minimum absolute atomic E-state index is 0.157. The van der Waals surface area contributed by atoms with Gasteiger partial charge >= 0.3 is 5.97 Å². The van der Waals surface area contributed by atoms with Crippen molar-refractivity contribution in [2.24, 2.45) is 7.05 Å². The van der Waals surface area contributed by atoms with E-state index in [-0.39, 0.29) is 12.4 Å². The predicted octanol–water partition coefficient (Wildman–Crippen LogP) is 0.871. The molecule has 0 fully saturated rings. The molecule has 1 atom stereocenters. The number of nitrogens with zero attached hydrogens (tertiary/aromatic N) is 1. The number of aldehydes is 1. The Hall–Kier alpha value is -1.58. The van der Waals surface area contributed by atoms with Crippen molar-refractivity contribution in [2.45, 2.75) is 12.3 Å². The number of hydrogen-bond acceptors (Lipinski definition) is 3. The number of methoxy groups -OCH3 is 1. The highest BCUT2D eigenvalue weighted by Gasteiger charge is 2.22. The molecule has 0 spiro atoms. The van der Waals surface area contributed by atoms with Crippen LogP contribution in [0.2, 0.25) is 0 Å². The van der Waals surface area contributed by atoms with Crippen LogP contribution in [0.4, 0.5) is 0 Å². The summed E-state index contributed by atoms with van der Waals surface area (Å²) in [5.41, 5.74) is 0.795. The molecule has 0 bridgehead atoms. The van der Waals surface area contributed by atoms with Crippen molar-refractivity contribution >= 4 is 12.3 Å². The molecule has 0 unspecified atom stereocenters. The summed E-state index contributed by atoms with van der Waals surface area (Å²) < 4.78 is 6.44. The Morgan fingerprint density at radius 1 is 1.71 bits per heavy atom. The van der Waals surface area contributed by atoms with Crippen LogP contribution in [0, 0.1) is 0 Å². The molecule has 4 heteroatoms. The molecule has 1 rings (SSSR count). The number of aromatic nitrogens is 1. The molecule has 0 amide bonds. The lowest BCUT2D eigenvalue weighted by Gasteiger charge is -2.12. The smallest absolute Gasteiger partial charge is 0.315 e. The van der Waals surface area contributed by atoms with E-state index in [1.54, 1.807) is 0 Å². The molecule has 0 saturated heterocycles. The first-order valence-corrected chi connectivity index (χ1v) is 4.33. The molecule has 0 aliphatic rings. The Morgan fingerprint density at radius 3 is 2.86 bits per heavy atom. The first-order chi connectivity index (χ1) is 6.70. The lowest BCUT2D eigenvalue weighted by Crippen LogP contribution is -2.17. The number of rotatable bonds is 4. The normalized spacial score (nSPS) is 12.1. The van der Waals surface area contributed by atoms with E-state index >= 15 is 0 Å². The van der Waals surface area contributed by atoms with Gasteiger partial charge in [-0.3, -0.25) is 4.79 Å². The zero-order valence-electron chi connectivity index (χ0n) is 8.27. The zero-order chi connectivity index (χ0) is 10.6. The standard InChI is InChI=1S/C10H13NO3/c1-11-6-3-4-9(11)8(5-7-12)10(13)14-2/h3-4,6-8H,5H2,1-2H3/t8-/m1/s1.